The van der Waals surface area contributed by atoms with Crippen molar-refractivity contribution in [2.24, 2.45) is 0 Å². The molecule has 1 heterocycles. The average molecular weight is 222 g/mol. The van der Waals surface area contributed by atoms with Gasteiger partial charge >= 0.3 is 0 Å². The minimum absolute atomic E-state index is 0.188. The first kappa shape index (κ1) is 11.1. The number of fused-ring (bicyclic) bond motifs is 1. The van der Waals surface area contributed by atoms with E-state index < -0.39 is 6.10 Å². The van der Waals surface area contributed by atoms with Crippen LogP contribution in [-0.4, -0.2) is 37.6 Å². The summed E-state index contributed by atoms with van der Waals surface area (Å²) in [7, 11) is 0. The summed E-state index contributed by atoms with van der Waals surface area (Å²) in [6.45, 7) is -0.267. The van der Waals surface area contributed by atoms with Gasteiger partial charge in [-0.15, -0.1) is 0 Å². The predicted molar refractivity (Wildman–Crippen MR) is 58.7 cm³/mol. The Labute approximate surface area is 92.6 Å². The quantitative estimate of drug-likeness (QED) is 0.674. The van der Waals surface area contributed by atoms with Gasteiger partial charge in [-0.25, -0.2) is 4.98 Å². The fourth-order valence-corrected chi connectivity index (χ4v) is 1.72. The molecule has 0 aliphatic heterocycles. The third-order valence-electron chi connectivity index (χ3n) is 2.48. The Kier molecular flexibility index (Phi) is 3.19. The summed E-state index contributed by atoms with van der Waals surface area (Å²) >= 11 is 0. The van der Waals surface area contributed by atoms with Crippen molar-refractivity contribution in [3.05, 3.63) is 30.1 Å². The molecule has 1 aromatic heterocycles. The second-order valence-corrected chi connectivity index (χ2v) is 3.62. The van der Waals surface area contributed by atoms with Gasteiger partial charge in [0.05, 0.1) is 30.3 Å². The summed E-state index contributed by atoms with van der Waals surface area (Å²) in [6.07, 6.45) is -0.845. The van der Waals surface area contributed by atoms with E-state index in [1.807, 2.05) is 24.3 Å². The van der Waals surface area contributed by atoms with E-state index in [2.05, 4.69) is 4.98 Å². The molecular weight excluding hydrogens is 208 g/mol. The van der Waals surface area contributed by atoms with Crippen LogP contribution < -0.4 is 0 Å². The van der Waals surface area contributed by atoms with Crippen LogP contribution in [0.3, 0.4) is 0 Å². The standard InChI is InChI=1S/C11H14N2O3/c14-6-8(16)5-13-10-4-2-1-3-9(10)12-11(13)7-15/h1-4,8,14-16H,5-7H2. The number of imidazole rings is 1. The van der Waals surface area contributed by atoms with E-state index in [4.69, 9.17) is 5.11 Å². The van der Waals surface area contributed by atoms with Crippen molar-refractivity contribution in [3.8, 4) is 0 Å². The molecule has 0 radical (unpaired) electrons. The molecule has 0 saturated heterocycles. The van der Waals surface area contributed by atoms with Gasteiger partial charge in [-0.1, -0.05) is 12.1 Å². The van der Waals surface area contributed by atoms with Crippen molar-refractivity contribution in [1.82, 2.24) is 9.55 Å². The number of hydrogen-bond donors (Lipinski definition) is 3. The molecule has 5 heteroatoms. The molecule has 5 nitrogen and oxygen atoms in total. The number of rotatable bonds is 4. The Balaban J connectivity index is 2.47. The minimum Gasteiger partial charge on any atom is -0.394 e. The smallest absolute Gasteiger partial charge is 0.135 e. The Morgan fingerprint density at radius 1 is 1.25 bits per heavy atom. The van der Waals surface area contributed by atoms with Gasteiger partial charge < -0.3 is 19.9 Å². The topological polar surface area (TPSA) is 78.5 Å². The number of benzene rings is 1. The summed E-state index contributed by atoms with van der Waals surface area (Å²) in [4.78, 5) is 4.24. The van der Waals surface area contributed by atoms with E-state index >= 15 is 0 Å². The van der Waals surface area contributed by atoms with Gasteiger partial charge in [0, 0.05) is 0 Å². The molecule has 1 aromatic carbocycles. The molecule has 2 aromatic rings. The molecule has 1 atom stereocenters. The zero-order valence-electron chi connectivity index (χ0n) is 8.74. The first-order chi connectivity index (χ1) is 7.76. The van der Waals surface area contributed by atoms with E-state index in [1.165, 1.54) is 0 Å². The van der Waals surface area contributed by atoms with Crippen LogP contribution >= 0.6 is 0 Å². The van der Waals surface area contributed by atoms with Crippen molar-refractivity contribution in [1.29, 1.82) is 0 Å². The van der Waals surface area contributed by atoms with Crippen LogP contribution in [0.25, 0.3) is 11.0 Å². The summed E-state index contributed by atoms with van der Waals surface area (Å²) in [5.74, 6) is 0.494. The third-order valence-corrected chi connectivity index (χ3v) is 2.48. The highest BCUT2D eigenvalue weighted by Gasteiger charge is 2.12. The van der Waals surface area contributed by atoms with Gasteiger partial charge in [0.25, 0.3) is 0 Å². The highest BCUT2D eigenvalue weighted by Crippen LogP contribution is 2.16. The number of nitrogens with zero attached hydrogens (tertiary/aromatic N) is 2. The highest BCUT2D eigenvalue weighted by molar-refractivity contribution is 5.75. The predicted octanol–water partition coefficient (Wildman–Crippen LogP) is -0.118. The maximum atomic E-state index is 9.43. The number of aliphatic hydroxyl groups excluding tert-OH is 3. The van der Waals surface area contributed by atoms with Crippen LogP contribution in [0.1, 0.15) is 5.82 Å². The number of aliphatic hydroxyl groups is 3. The normalized spacial score (nSPS) is 13.2. The fourth-order valence-electron chi connectivity index (χ4n) is 1.72. The van der Waals surface area contributed by atoms with E-state index in [1.54, 1.807) is 4.57 Å². The first-order valence-corrected chi connectivity index (χ1v) is 5.10. The van der Waals surface area contributed by atoms with Gasteiger partial charge in [-0.2, -0.15) is 0 Å². The Bertz CT molecular complexity index is 481. The number of aromatic nitrogens is 2. The van der Waals surface area contributed by atoms with Gasteiger partial charge in [0.15, 0.2) is 0 Å². The Hall–Kier alpha value is -1.43. The van der Waals surface area contributed by atoms with Crippen molar-refractivity contribution in [2.45, 2.75) is 19.3 Å². The second-order valence-electron chi connectivity index (χ2n) is 3.62. The maximum Gasteiger partial charge on any atom is 0.135 e. The average Bonchev–Trinajstić information content (AvgIpc) is 2.67. The van der Waals surface area contributed by atoms with Gasteiger partial charge in [0.1, 0.15) is 12.4 Å². The second kappa shape index (κ2) is 4.61. The van der Waals surface area contributed by atoms with Crippen LogP contribution in [0.5, 0.6) is 0 Å². The molecule has 3 N–H and O–H groups in total. The SMILES string of the molecule is OCc1nc2ccccc2n1CC(O)CO. The van der Waals surface area contributed by atoms with E-state index in [-0.39, 0.29) is 19.8 Å². The minimum atomic E-state index is -0.845. The summed E-state index contributed by atoms with van der Waals surface area (Å²) in [5, 5.41) is 27.4. The molecule has 0 amide bonds. The van der Waals surface area contributed by atoms with Gasteiger partial charge in [-0.05, 0) is 12.1 Å². The summed E-state index contributed by atoms with van der Waals surface area (Å²) in [6, 6.07) is 7.44. The van der Waals surface area contributed by atoms with Crippen molar-refractivity contribution < 1.29 is 15.3 Å². The van der Waals surface area contributed by atoms with Crippen molar-refractivity contribution in [2.75, 3.05) is 6.61 Å². The van der Waals surface area contributed by atoms with Crippen LogP contribution in [0.15, 0.2) is 24.3 Å². The van der Waals surface area contributed by atoms with Crippen molar-refractivity contribution >= 4 is 11.0 Å². The first-order valence-electron chi connectivity index (χ1n) is 5.10. The van der Waals surface area contributed by atoms with Crippen molar-refractivity contribution in [3.63, 3.8) is 0 Å². The van der Waals surface area contributed by atoms with E-state index in [0.29, 0.717) is 5.82 Å². The van der Waals surface area contributed by atoms with Crippen LogP contribution in [-0.2, 0) is 13.2 Å². The molecule has 16 heavy (non-hydrogen) atoms. The van der Waals surface area contributed by atoms with Crippen LogP contribution in [0, 0.1) is 0 Å². The lowest BCUT2D eigenvalue weighted by Gasteiger charge is -2.11. The molecule has 0 aliphatic rings. The molecule has 1 unspecified atom stereocenters. The molecule has 0 aliphatic carbocycles. The van der Waals surface area contributed by atoms with Gasteiger partial charge in [0.2, 0.25) is 0 Å². The Morgan fingerprint density at radius 2 is 2.00 bits per heavy atom. The molecular formula is C11H14N2O3. The molecule has 86 valence electrons. The summed E-state index contributed by atoms with van der Waals surface area (Å²) in [5.41, 5.74) is 1.62. The molecule has 0 fully saturated rings. The Morgan fingerprint density at radius 3 is 2.69 bits per heavy atom. The molecule has 0 bridgehead atoms. The van der Waals surface area contributed by atoms with E-state index in [9.17, 15) is 10.2 Å². The van der Waals surface area contributed by atoms with Gasteiger partial charge in [-0.3, -0.25) is 0 Å². The zero-order valence-corrected chi connectivity index (χ0v) is 8.74. The third kappa shape index (κ3) is 1.92. The number of hydrogen-bond acceptors (Lipinski definition) is 4. The zero-order chi connectivity index (χ0) is 11.5. The largest absolute Gasteiger partial charge is 0.394 e. The monoisotopic (exact) mass is 222 g/mol. The summed E-state index contributed by atoms with van der Waals surface area (Å²) < 4.78 is 1.72. The lowest BCUT2D eigenvalue weighted by atomic mass is 10.3. The molecule has 0 spiro atoms. The van der Waals surface area contributed by atoms with Crippen LogP contribution in [0.4, 0.5) is 0 Å². The van der Waals surface area contributed by atoms with E-state index in [0.717, 1.165) is 11.0 Å². The van der Waals surface area contributed by atoms with Crippen LogP contribution in [0.2, 0.25) is 0 Å². The lowest BCUT2D eigenvalue weighted by Crippen LogP contribution is -2.21. The molecule has 2 rings (SSSR count). The fraction of sp³-hybridized carbons (Fsp3) is 0.364. The molecule has 0 saturated carbocycles. The maximum absolute atomic E-state index is 9.43. The highest BCUT2D eigenvalue weighted by atomic mass is 16.3. The number of para-hydroxylation sites is 2. The lowest BCUT2D eigenvalue weighted by molar-refractivity contribution is 0.0803.